The van der Waals surface area contributed by atoms with Gasteiger partial charge in [-0.1, -0.05) is 56.3 Å². The summed E-state index contributed by atoms with van der Waals surface area (Å²) in [5, 5.41) is 14.4. The third-order valence-corrected chi connectivity index (χ3v) is 10.1. The zero-order valence-corrected chi connectivity index (χ0v) is 27.8. The first-order valence-corrected chi connectivity index (χ1v) is 17.3. The van der Waals surface area contributed by atoms with Crippen molar-refractivity contribution in [1.82, 2.24) is 9.62 Å². The fourth-order valence-electron chi connectivity index (χ4n) is 5.78. The second-order valence-electron chi connectivity index (χ2n) is 12.3. The molecular weight excluding hydrogens is 624 g/mol. The molecule has 2 N–H and O–H groups in total. The number of fused-ring (bicyclic) bond motifs is 1. The number of nitrogens with one attached hydrogen (secondary N) is 1. The summed E-state index contributed by atoms with van der Waals surface area (Å²) < 4.78 is 56.8. The Kier molecular flexibility index (Phi) is 11.8. The van der Waals surface area contributed by atoms with Crippen LogP contribution in [0.25, 0.3) is 0 Å². The number of aliphatic hydroxyl groups is 1. The highest BCUT2D eigenvalue weighted by molar-refractivity contribution is 7.89. The molecule has 0 radical (unpaired) electrons. The number of aliphatic hydroxyl groups excluding tert-OH is 1. The third kappa shape index (κ3) is 9.23. The van der Waals surface area contributed by atoms with Crippen molar-refractivity contribution in [1.29, 1.82) is 0 Å². The first-order valence-electron chi connectivity index (χ1n) is 15.9. The van der Waals surface area contributed by atoms with Crippen molar-refractivity contribution in [2.24, 2.45) is 11.8 Å². The number of hydrogen-bond donors (Lipinski definition) is 2. The van der Waals surface area contributed by atoms with E-state index in [1.807, 2.05) is 68.4 Å². The largest absolute Gasteiger partial charge is 0.497 e. The van der Waals surface area contributed by atoms with Gasteiger partial charge in [0.2, 0.25) is 10.0 Å². The summed E-state index contributed by atoms with van der Waals surface area (Å²) in [5.74, 6) is 1.12. The number of rotatable bonds is 15. The predicted molar refractivity (Wildman–Crippen MR) is 175 cm³/mol. The van der Waals surface area contributed by atoms with E-state index in [9.17, 15) is 18.3 Å². The fourth-order valence-corrected chi connectivity index (χ4v) is 7.40. The second-order valence-corrected chi connectivity index (χ2v) is 14.2. The van der Waals surface area contributed by atoms with Crippen LogP contribution in [0.15, 0.2) is 83.8 Å². The van der Waals surface area contributed by atoms with Crippen molar-refractivity contribution >= 4 is 16.1 Å². The Morgan fingerprint density at radius 3 is 2.34 bits per heavy atom. The first kappa shape index (κ1) is 34.6. The first-order chi connectivity index (χ1) is 22.6. The smallest absolute Gasteiger partial charge is 0.407 e. The molecule has 5 atom stereocenters. The van der Waals surface area contributed by atoms with Crippen LogP contribution in [0.1, 0.15) is 31.4 Å². The Morgan fingerprint density at radius 1 is 0.957 bits per heavy atom. The molecule has 12 heteroatoms. The van der Waals surface area contributed by atoms with E-state index in [4.69, 9.17) is 23.7 Å². The molecule has 2 aliphatic rings. The summed E-state index contributed by atoms with van der Waals surface area (Å²) in [4.78, 5) is 13.3. The highest BCUT2D eigenvalue weighted by Crippen LogP contribution is 2.33. The van der Waals surface area contributed by atoms with E-state index < -0.39 is 34.4 Å². The van der Waals surface area contributed by atoms with Gasteiger partial charge in [0.05, 0.1) is 43.3 Å². The summed E-state index contributed by atoms with van der Waals surface area (Å²) >= 11 is 0. The highest BCUT2D eigenvalue weighted by atomic mass is 32.2. The molecule has 2 fully saturated rings. The normalized spacial score (nSPS) is 20.5. The van der Waals surface area contributed by atoms with E-state index in [0.29, 0.717) is 24.7 Å². The van der Waals surface area contributed by atoms with Crippen LogP contribution in [0.4, 0.5) is 4.79 Å². The lowest BCUT2D eigenvalue weighted by atomic mass is 10.0. The van der Waals surface area contributed by atoms with Crippen LogP contribution < -0.4 is 14.8 Å². The molecule has 2 unspecified atom stereocenters. The second kappa shape index (κ2) is 15.9. The Labute approximate surface area is 276 Å². The van der Waals surface area contributed by atoms with Gasteiger partial charge < -0.3 is 34.1 Å². The van der Waals surface area contributed by atoms with Crippen molar-refractivity contribution in [3.63, 3.8) is 0 Å². The number of ether oxygens (including phenoxy) is 5. The lowest BCUT2D eigenvalue weighted by molar-refractivity contribution is -0.0907. The molecule has 3 aromatic rings. The Hall–Kier alpha value is -3.68. The van der Waals surface area contributed by atoms with E-state index in [0.717, 1.165) is 17.5 Å². The molecule has 2 heterocycles. The van der Waals surface area contributed by atoms with Crippen LogP contribution in [0.5, 0.6) is 11.5 Å². The molecule has 254 valence electrons. The third-order valence-electron chi connectivity index (χ3n) is 8.30. The van der Waals surface area contributed by atoms with Crippen molar-refractivity contribution in [3.8, 4) is 11.5 Å². The minimum atomic E-state index is -3.99. The zero-order chi connectivity index (χ0) is 33.4. The van der Waals surface area contributed by atoms with E-state index in [-0.39, 0.29) is 49.1 Å². The van der Waals surface area contributed by atoms with Crippen molar-refractivity contribution in [3.05, 3.63) is 90.0 Å². The maximum absolute atomic E-state index is 13.8. The van der Waals surface area contributed by atoms with Gasteiger partial charge in [0.1, 0.15) is 24.2 Å². The zero-order valence-electron chi connectivity index (χ0n) is 27.0. The SMILES string of the molecule is COc1ccc(S(=O)(=O)N(CC(C)C)C[C@@H](O)[C@H](Cc2ccc(OCc3ccccc3)cc2)NC(=O)O[C@H]2COC3OCCC32)cc1. The van der Waals surface area contributed by atoms with Gasteiger partial charge in [-0.25, -0.2) is 13.2 Å². The molecule has 0 bridgehead atoms. The number of carbonyl (C=O) groups is 1. The maximum atomic E-state index is 13.8. The molecule has 3 aromatic carbocycles. The van der Waals surface area contributed by atoms with Crippen LogP contribution in [0.3, 0.4) is 0 Å². The maximum Gasteiger partial charge on any atom is 0.407 e. The fraction of sp³-hybridized carbons (Fsp3) is 0.457. The lowest BCUT2D eigenvalue weighted by Crippen LogP contribution is -2.51. The molecular formula is C35H44N2O9S. The minimum absolute atomic E-state index is 0.0287. The number of hydrogen-bond acceptors (Lipinski definition) is 9. The number of amides is 1. The summed E-state index contributed by atoms with van der Waals surface area (Å²) in [6.07, 6.45) is -1.92. The van der Waals surface area contributed by atoms with E-state index in [2.05, 4.69) is 5.32 Å². The van der Waals surface area contributed by atoms with Crippen molar-refractivity contribution < 1.29 is 42.0 Å². The highest BCUT2D eigenvalue weighted by Gasteiger charge is 2.44. The molecule has 5 rings (SSSR count). The quantitative estimate of drug-likeness (QED) is 0.242. The van der Waals surface area contributed by atoms with Crippen molar-refractivity contribution in [2.45, 2.75) is 62.7 Å². The molecule has 47 heavy (non-hydrogen) atoms. The molecule has 0 saturated carbocycles. The molecule has 2 saturated heterocycles. The summed E-state index contributed by atoms with van der Waals surface area (Å²) in [5.41, 5.74) is 1.85. The number of carbonyl (C=O) groups excluding carboxylic acids is 1. The Balaban J connectivity index is 1.31. The van der Waals surface area contributed by atoms with Gasteiger partial charge in [-0.05, 0) is 66.3 Å². The van der Waals surface area contributed by atoms with Gasteiger partial charge in [-0.2, -0.15) is 4.31 Å². The molecule has 0 aliphatic carbocycles. The van der Waals surface area contributed by atoms with Gasteiger partial charge in [0.15, 0.2) is 6.29 Å². The number of alkyl carbamates (subject to hydrolysis) is 1. The van der Waals surface area contributed by atoms with Crippen LogP contribution in [-0.2, 0) is 37.3 Å². The van der Waals surface area contributed by atoms with Crippen LogP contribution >= 0.6 is 0 Å². The summed E-state index contributed by atoms with van der Waals surface area (Å²) in [6, 6.07) is 22.4. The van der Waals surface area contributed by atoms with Gasteiger partial charge >= 0.3 is 6.09 Å². The van der Waals surface area contributed by atoms with Gasteiger partial charge in [0.25, 0.3) is 0 Å². The number of nitrogens with zero attached hydrogens (tertiary/aromatic N) is 1. The molecule has 11 nitrogen and oxygen atoms in total. The van der Waals surface area contributed by atoms with E-state index >= 15 is 0 Å². The Bertz CT molecular complexity index is 1540. The number of benzene rings is 3. The van der Waals surface area contributed by atoms with Crippen LogP contribution in [-0.4, -0.2) is 81.9 Å². The average Bonchev–Trinajstić information content (AvgIpc) is 3.69. The molecule has 0 aromatic heterocycles. The topological polar surface area (TPSA) is 133 Å². The molecule has 0 spiro atoms. The molecule has 1 amide bonds. The van der Waals surface area contributed by atoms with E-state index in [1.165, 1.54) is 23.5 Å². The Morgan fingerprint density at radius 2 is 1.66 bits per heavy atom. The van der Waals surface area contributed by atoms with Gasteiger partial charge in [0, 0.05) is 13.1 Å². The van der Waals surface area contributed by atoms with Gasteiger partial charge in [-0.3, -0.25) is 0 Å². The van der Waals surface area contributed by atoms with Crippen LogP contribution in [0.2, 0.25) is 0 Å². The number of sulfonamides is 1. The van der Waals surface area contributed by atoms with Crippen molar-refractivity contribution in [2.75, 3.05) is 33.4 Å². The molecule has 2 aliphatic heterocycles. The average molecular weight is 669 g/mol. The van der Waals surface area contributed by atoms with Gasteiger partial charge in [-0.15, -0.1) is 0 Å². The predicted octanol–water partition coefficient (Wildman–Crippen LogP) is 4.38. The number of methoxy groups -OCH3 is 1. The summed E-state index contributed by atoms with van der Waals surface area (Å²) in [6.45, 7) is 4.91. The lowest BCUT2D eigenvalue weighted by Gasteiger charge is -2.31. The van der Waals surface area contributed by atoms with Crippen LogP contribution in [0, 0.1) is 11.8 Å². The minimum Gasteiger partial charge on any atom is -0.497 e. The van der Waals surface area contributed by atoms with E-state index in [1.54, 1.807) is 12.1 Å². The monoisotopic (exact) mass is 668 g/mol. The summed E-state index contributed by atoms with van der Waals surface area (Å²) in [7, 11) is -2.48. The standard InChI is InChI=1S/C35H44N2O9S/c1-24(2)20-37(47(40,41)29-15-13-27(42-3)14-16-29)21-32(38)31(36-35(39)46-33-23-45-34-30(33)17-18-43-34)19-25-9-11-28(12-10-25)44-22-26-7-5-4-6-8-26/h4-16,24,30-34,38H,17-23H2,1-3H3,(H,36,39)/t30?,31-,32+,33-,34?/m0/s1.